The fourth-order valence-electron chi connectivity index (χ4n) is 0. The summed E-state index contributed by atoms with van der Waals surface area (Å²) >= 11 is 0. The van der Waals surface area contributed by atoms with Crippen molar-refractivity contribution in [2.24, 2.45) is 0 Å². The maximum Gasteiger partial charge on any atom is 0.591 e. The minimum Gasteiger partial charge on any atom is -0.215 e. The Morgan fingerprint density at radius 2 is 1.20 bits per heavy atom. The lowest BCUT2D eigenvalue weighted by molar-refractivity contribution is 0.440. The van der Waals surface area contributed by atoms with Gasteiger partial charge in [0.05, 0.1) is 0 Å². The predicted octanol–water partition coefficient (Wildman–Crippen LogP) is 2.00. The van der Waals surface area contributed by atoms with E-state index in [-0.39, 0.29) is 0 Å². The van der Waals surface area contributed by atoms with Crippen LogP contribution in [0.3, 0.4) is 0 Å². The SMILES string of the molecule is O=P(F)(F)F. The van der Waals surface area contributed by atoms with Crippen LogP contribution in [0.2, 0.25) is 0 Å². The topological polar surface area (TPSA) is 17.1 Å². The molecule has 0 aliphatic heterocycles. The fraction of sp³-hybridized carbons (Fsp3) is 0. The molecule has 0 bridgehead atoms. The van der Waals surface area contributed by atoms with Crippen molar-refractivity contribution >= 4 is 8.07 Å². The Labute approximate surface area is 26.5 Å². The van der Waals surface area contributed by atoms with E-state index < -0.39 is 8.07 Å². The third-order valence-corrected chi connectivity index (χ3v) is 0. The molecular formula is F3OP. The van der Waals surface area contributed by atoms with Gasteiger partial charge in [0.2, 0.25) is 0 Å². The molecule has 1 nitrogen and oxygen atoms in total. The van der Waals surface area contributed by atoms with Crippen LogP contribution in [0.15, 0.2) is 0 Å². The van der Waals surface area contributed by atoms with E-state index in [1.54, 1.807) is 0 Å². The molecule has 0 saturated carbocycles. The van der Waals surface area contributed by atoms with Gasteiger partial charge >= 0.3 is 8.07 Å². The molecule has 5 heteroatoms. The molecule has 0 atom stereocenters. The smallest absolute Gasteiger partial charge is 0.215 e. The van der Waals surface area contributed by atoms with Gasteiger partial charge in [-0.25, -0.2) is 4.57 Å². The highest BCUT2D eigenvalue weighted by atomic mass is 31.3. The van der Waals surface area contributed by atoms with Gasteiger partial charge in [-0.3, -0.25) is 0 Å². The van der Waals surface area contributed by atoms with Crippen molar-refractivity contribution in [1.29, 1.82) is 0 Å². The lowest BCUT2D eigenvalue weighted by Crippen LogP contribution is -1.30. The monoisotopic (exact) mass is 104 g/mol. The van der Waals surface area contributed by atoms with E-state index in [0.717, 1.165) is 0 Å². The van der Waals surface area contributed by atoms with Crippen LogP contribution in [0.4, 0.5) is 12.6 Å². The van der Waals surface area contributed by atoms with E-state index >= 15 is 0 Å². The molecule has 0 rings (SSSR count). The van der Waals surface area contributed by atoms with Gasteiger partial charge in [0.1, 0.15) is 0 Å². The van der Waals surface area contributed by atoms with Gasteiger partial charge in [0.15, 0.2) is 0 Å². The second-order valence-corrected chi connectivity index (χ2v) is 1.20. The van der Waals surface area contributed by atoms with Crippen LogP contribution in [0, 0.1) is 0 Å². The molecule has 0 heterocycles. The fourth-order valence-corrected chi connectivity index (χ4v) is 0. The summed E-state index contributed by atoms with van der Waals surface area (Å²) in [6.45, 7) is 0. The Balaban J connectivity index is 3.47. The number of hydrogen-bond donors (Lipinski definition) is 0. The normalized spacial score (nSPS) is 11.8. The quantitative estimate of drug-likeness (QED) is 0.429. The lowest BCUT2D eigenvalue weighted by atomic mass is 16.0. The van der Waals surface area contributed by atoms with E-state index in [4.69, 9.17) is 4.57 Å². The Hall–Kier alpha value is 0.0200. The molecule has 0 fully saturated rings. The first-order valence-corrected chi connectivity index (χ1v) is 2.07. The van der Waals surface area contributed by atoms with E-state index in [1.807, 2.05) is 0 Å². The average Bonchev–Trinajstić information content (AvgIpc) is 0.722. The molecule has 5 heavy (non-hydrogen) atoms. The summed E-state index contributed by atoms with van der Waals surface area (Å²) in [5.74, 6) is 0. The van der Waals surface area contributed by atoms with Crippen molar-refractivity contribution in [3.05, 3.63) is 0 Å². The molecule has 0 aromatic rings. The van der Waals surface area contributed by atoms with E-state index in [9.17, 15) is 12.6 Å². The molecule has 0 unspecified atom stereocenters. The van der Waals surface area contributed by atoms with Gasteiger partial charge in [0.25, 0.3) is 0 Å². The van der Waals surface area contributed by atoms with E-state index in [0.29, 0.717) is 0 Å². The minimum atomic E-state index is -6.14. The van der Waals surface area contributed by atoms with Crippen molar-refractivity contribution in [1.82, 2.24) is 0 Å². The number of rotatable bonds is 0. The van der Waals surface area contributed by atoms with Crippen LogP contribution < -0.4 is 0 Å². The Kier molecular flexibility index (Phi) is 1.02. The molecular weight excluding hydrogens is 104 g/mol. The van der Waals surface area contributed by atoms with Crippen LogP contribution in [0.5, 0.6) is 0 Å². The van der Waals surface area contributed by atoms with Crippen molar-refractivity contribution in [3.63, 3.8) is 0 Å². The molecule has 0 N–H and O–H groups in total. The van der Waals surface area contributed by atoms with Gasteiger partial charge in [-0.2, -0.15) is 0 Å². The summed E-state index contributed by atoms with van der Waals surface area (Å²) in [5, 5.41) is 0. The first-order chi connectivity index (χ1) is 2.00. The van der Waals surface area contributed by atoms with Gasteiger partial charge in [0, 0.05) is 0 Å². The van der Waals surface area contributed by atoms with E-state index in [2.05, 4.69) is 0 Å². The van der Waals surface area contributed by atoms with Gasteiger partial charge in [-0.1, -0.05) is 0 Å². The molecule has 0 spiro atoms. The molecule has 0 aromatic carbocycles. The third-order valence-electron chi connectivity index (χ3n) is 0. The van der Waals surface area contributed by atoms with Crippen LogP contribution in [-0.2, 0) is 4.57 Å². The standard InChI is InChI=1S/F3OP/c1-5(2,3)4. The zero-order valence-corrected chi connectivity index (χ0v) is 2.88. The van der Waals surface area contributed by atoms with Crippen LogP contribution in [-0.4, -0.2) is 0 Å². The molecule has 0 aromatic heterocycles. The van der Waals surface area contributed by atoms with Crippen molar-refractivity contribution in [2.75, 3.05) is 0 Å². The van der Waals surface area contributed by atoms with E-state index in [1.165, 1.54) is 0 Å². The highest BCUT2D eigenvalue weighted by Gasteiger charge is 2.13. The first kappa shape index (κ1) is 5.02. The molecule has 0 radical (unpaired) electrons. The van der Waals surface area contributed by atoms with Crippen molar-refractivity contribution in [3.8, 4) is 0 Å². The Morgan fingerprint density at radius 1 is 1.20 bits per heavy atom. The zero-order chi connectivity index (χ0) is 4.50. The van der Waals surface area contributed by atoms with Gasteiger partial charge < -0.3 is 0 Å². The largest absolute Gasteiger partial charge is 0.591 e. The van der Waals surface area contributed by atoms with Gasteiger partial charge in [-0.15, -0.1) is 12.6 Å². The summed E-state index contributed by atoms with van der Waals surface area (Å²) in [5.41, 5.74) is 0. The van der Waals surface area contributed by atoms with Crippen molar-refractivity contribution in [2.45, 2.75) is 0 Å². The van der Waals surface area contributed by atoms with Crippen LogP contribution >= 0.6 is 8.07 Å². The summed E-state index contributed by atoms with van der Waals surface area (Å²) in [4.78, 5) is 0. The molecule has 0 aliphatic rings. The maximum atomic E-state index is 9.91. The minimum absolute atomic E-state index is 6.14. The lowest BCUT2D eigenvalue weighted by Gasteiger charge is -1.68. The number of hydrogen-bond acceptors (Lipinski definition) is 1. The second-order valence-electron chi connectivity index (χ2n) is 0.399. The maximum absolute atomic E-state index is 9.91. The highest BCUT2D eigenvalue weighted by Crippen LogP contribution is 2.50. The zero-order valence-electron chi connectivity index (χ0n) is 1.99. The predicted molar refractivity (Wildman–Crippen MR) is 10.9 cm³/mol. The van der Waals surface area contributed by atoms with Gasteiger partial charge in [-0.05, 0) is 0 Å². The first-order valence-electron chi connectivity index (χ1n) is 0.690. The molecule has 0 saturated heterocycles. The Bertz CT molecular complexity index is 53.0. The molecule has 0 aliphatic carbocycles. The van der Waals surface area contributed by atoms with Crippen LogP contribution in [0.25, 0.3) is 0 Å². The summed E-state index contributed by atoms with van der Waals surface area (Å²) < 4.78 is 37.9. The molecule has 0 amide bonds. The summed E-state index contributed by atoms with van der Waals surface area (Å²) in [6.07, 6.45) is 0. The third kappa shape index (κ3) is 41000. The van der Waals surface area contributed by atoms with Crippen molar-refractivity contribution < 1.29 is 17.2 Å². The molecule has 32 valence electrons. The Morgan fingerprint density at radius 3 is 1.20 bits per heavy atom. The summed E-state index contributed by atoms with van der Waals surface area (Å²) in [6, 6.07) is 0. The average molecular weight is 104 g/mol. The summed E-state index contributed by atoms with van der Waals surface area (Å²) in [7, 11) is -6.14. The second kappa shape index (κ2) is 1.01. The van der Waals surface area contributed by atoms with Crippen LogP contribution in [0.1, 0.15) is 0 Å². The number of halogens is 3. The highest BCUT2D eigenvalue weighted by molar-refractivity contribution is 7.47.